The van der Waals surface area contributed by atoms with E-state index < -0.39 is 4.92 Å². The lowest BCUT2D eigenvalue weighted by molar-refractivity contribution is -0.385. The summed E-state index contributed by atoms with van der Waals surface area (Å²) in [6.45, 7) is 2.44. The lowest BCUT2D eigenvalue weighted by atomic mass is 10.2. The van der Waals surface area contributed by atoms with Gasteiger partial charge in [0.1, 0.15) is 5.75 Å². The number of rotatable bonds is 8. The molecule has 2 aromatic rings. The second-order valence-electron chi connectivity index (χ2n) is 6.06. The van der Waals surface area contributed by atoms with Crippen LogP contribution < -0.4 is 10.1 Å². The fourth-order valence-corrected chi connectivity index (χ4v) is 2.58. The van der Waals surface area contributed by atoms with E-state index in [0.29, 0.717) is 30.8 Å². The van der Waals surface area contributed by atoms with Crippen molar-refractivity contribution in [1.29, 1.82) is 0 Å². The van der Waals surface area contributed by atoms with Crippen LogP contribution in [0.4, 0.5) is 5.69 Å². The number of hydrogen-bond acceptors (Lipinski definition) is 5. The molecule has 0 unspecified atom stereocenters. The van der Waals surface area contributed by atoms with E-state index in [0.717, 1.165) is 0 Å². The minimum absolute atomic E-state index is 0.0589. The Balaban J connectivity index is 2.00. The number of nitro groups is 1. The molecule has 0 aromatic heterocycles. The van der Waals surface area contributed by atoms with Crippen LogP contribution in [0, 0.1) is 10.1 Å². The number of carbonyl (C=O) groups excluding carboxylic acids is 2. The van der Waals surface area contributed by atoms with Crippen molar-refractivity contribution < 1.29 is 19.2 Å². The summed E-state index contributed by atoms with van der Waals surface area (Å²) in [5, 5.41) is 14.0. The Bertz CT molecular complexity index is 870. The molecule has 1 N–H and O–H groups in total. The third kappa shape index (κ3) is 5.95. The van der Waals surface area contributed by atoms with E-state index in [2.05, 4.69) is 5.32 Å². The first-order valence-corrected chi connectivity index (χ1v) is 8.87. The van der Waals surface area contributed by atoms with Gasteiger partial charge in [-0.05, 0) is 42.8 Å². The van der Waals surface area contributed by atoms with Crippen molar-refractivity contribution in [3.63, 3.8) is 0 Å². The molecule has 0 aliphatic rings. The van der Waals surface area contributed by atoms with Gasteiger partial charge in [0.2, 0.25) is 11.7 Å². The molecular weight excluding hydrogens is 386 g/mol. The molecule has 8 nitrogen and oxygen atoms in total. The van der Waals surface area contributed by atoms with Crippen molar-refractivity contribution in [2.75, 3.05) is 20.1 Å². The number of ether oxygens (including phenoxy) is 1. The summed E-state index contributed by atoms with van der Waals surface area (Å²) >= 11 is 5.79. The first-order valence-electron chi connectivity index (χ1n) is 8.49. The summed E-state index contributed by atoms with van der Waals surface area (Å²) in [6.07, 6.45) is 0.642. The van der Waals surface area contributed by atoms with Crippen molar-refractivity contribution in [2.24, 2.45) is 0 Å². The summed E-state index contributed by atoms with van der Waals surface area (Å²) in [6, 6.07) is 10.4. The third-order valence-corrected chi connectivity index (χ3v) is 4.07. The zero-order valence-corrected chi connectivity index (χ0v) is 16.2. The standard InChI is InChI=1S/C19H20ClN3O5/c1-13(24)21-10-3-11-22(2)19(25)14-4-7-16(8-5-14)28-18-9-6-15(20)12-17(18)23(26)27/h4-9,12H,3,10-11H2,1-2H3,(H,21,24). The summed E-state index contributed by atoms with van der Waals surface area (Å²) in [7, 11) is 1.68. The van der Waals surface area contributed by atoms with Crippen LogP contribution in [0.25, 0.3) is 0 Å². The summed E-state index contributed by atoms with van der Waals surface area (Å²) < 4.78 is 5.56. The molecule has 0 atom stereocenters. The van der Waals surface area contributed by atoms with Gasteiger partial charge in [0.05, 0.1) is 4.92 Å². The molecule has 0 spiro atoms. The molecule has 2 amide bonds. The minimum Gasteiger partial charge on any atom is -0.450 e. The normalized spacial score (nSPS) is 10.2. The molecule has 0 radical (unpaired) electrons. The molecule has 9 heteroatoms. The number of nitrogens with one attached hydrogen (secondary N) is 1. The van der Waals surface area contributed by atoms with Crippen LogP contribution in [0.2, 0.25) is 5.02 Å². The fraction of sp³-hybridized carbons (Fsp3) is 0.263. The Morgan fingerprint density at radius 2 is 1.89 bits per heavy atom. The van der Waals surface area contributed by atoms with Gasteiger partial charge in [-0.15, -0.1) is 0 Å². The highest BCUT2D eigenvalue weighted by molar-refractivity contribution is 6.30. The lowest BCUT2D eigenvalue weighted by Crippen LogP contribution is -2.30. The van der Waals surface area contributed by atoms with Gasteiger partial charge in [0.25, 0.3) is 5.91 Å². The maximum absolute atomic E-state index is 12.4. The van der Waals surface area contributed by atoms with Gasteiger partial charge >= 0.3 is 5.69 Å². The second kappa shape index (κ2) is 9.70. The highest BCUT2D eigenvalue weighted by Gasteiger charge is 2.17. The van der Waals surface area contributed by atoms with Crippen LogP contribution in [0.5, 0.6) is 11.5 Å². The molecule has 2 rings (SSSR count). The summed E-state index contributed by atoms with van der Waals surface area (Å²) in [5.74, 6) is 0.135. The van der Waals surface area contributed by atoms with Crippen LogP contribution in [-0.2, 0) is 4.79 Å². The van der Waals surface area contributed by atoms with E-state index in [4.69, 9.17) is 16.3 Å². The highest BCUT2D eigenvalue weighted by atomic mass is 35.5. The Hall–Kier alpha value is -3.13. The fourth-order valence-electron chi connectivity index (χ4n) is 2.41. The molecule has 0 saturated heterocycles. The summed E-state index contributed by atoms with van der Waals surface area (Å²) in [5.41, 5.74) is 0.214. The van der Waals surface area contributed by atoms with Gasteiger partial charge in [-0.2, -0.15) is 0 Å². The molecule has 0 aliphatic carbocycles. The number of halogens is 1. The van der Waals surface area contributed by atoms with Crippen molar-refractivity contribution >= 4 is 29.1 Å². The number of nitro benzene ring substituents is 1. The first kappa shape index (κ1) is 21.2. The van der Waals surface area contributed by atoms with E-state index in [1.165, 1.54) is 25.1 Å². The van der Waals surface area contributed by atoms with Crippen molar-refractivity contribution in [1.82, 2.24) is 10.2 Å². The van der Waals surface area contributed by atoms with Gasteiger partial charge in [-0.1, -0.05) is 11.6 Å². The molecule has 0 saturated carbocycles. The van der Waals surface area contributed by atoms with Gasteiger partial charge < -0.3 is 15.0 Å². The Morgan fingerprint density at radius 3 is 2.50 bits per heavy atom. The Labute approximate surface area is 167 Å². The van der Waals surface area contributed by atoms with Crippen LogP contribution in [0.3, 0.4) is 0 Å². The van der Waals surface area contributed by atoms with E-state index in [1.54, 1.807) is 36.2 Å². The molecule has 0 bridgehead atoms. The van der Waals surface area contributed by atoms with Crippen molar-refractivity contribution in [3.05, 3.63) is 63.2 Å². The molecule has 0 heterocycles. The number of nitrogens with zero attached hydrogens (tertiary/aromatic N) is 2. The van der Waals surface area contributed by atoms with E-state index in [9.17, 15) is 19.7 Å². The van der Waals surface area contributed by atoms with Crippen LogP contribution in [0.15, 0.2) is 42.5 Å². The first-order chi connectivity index (χ1) is 13.3. The molecule has 0 fully saturated rings. The zero-order chi connectivity index (χ0) is 20.7. The minimum atomic E-state index is -0.574. The number of carbonyl (C=O) groups is 2. The number of amides is 2. The van der Waals surface area contributed by atoms with E-state index in [-0.39, 0.29) is 28.3 Å². The average Bonchev–Trinajstić information content (AvgIpc) is 2.66. The smallest absolute Gasteiger partial charge is 0.313 e. The third-order valence-electron chi connectivity index (χ3n) is 3.84. The molecule has 148 valence electrons. The molecular formula is C19H20ClN3O5. The Morgan fingerprint density at radius 1 is 1.21 bits per heavy atom. The van der Waals surface area contributed by atoms with Crippen LogP contribution in [0.1, 0.15) is 23.7 Å². The van der Waals surface area contributed by atoms with Gasteiger partial charge in [0.15, 0.2) is 0 Å². The summed E-state index contributed by atoms with van der Waals surface area (Å²) in [4.78, 5) is 35.4. The number of hydrogen-bond donors (Lipinski definition) is 1. The molecule has 0 aliphatic heterocycles. The lowest BCUT2D eigenvalue weighted by Gasteiger charge is -2.17. The maximum Gasteiger partial charge on any atom is 0.313 e. The predicted molar refractivity (Wildman–Crippen MR) is 105 cm³/mol. The van der Waals surface area contributed by atoms with Crippen LogP contribution in [-0.4, -0.2) is 41.8 Å². The molecule has 28 heavy (non-hydrogen) atoms. The van der Waals surface area contributed by atoms with Crippen LogP contribution >= 0.6 is 11.6 Å². The van der Waals surface area contributed by atoms with Crippen molar-refractivity contribution in [2.45, 2.75) is 13.3 Å². The SMILES string of the molecule is CC(=O)NCCCN(C)C(=O)c1ccc(Oc2ccc(Cl)cc2[N+](=O)[O-])cc1. The number of benzene rings is 2. The molecule has 2 aromatic carbocycles. The zero-order valence-electron chi connectivity index (χ0n) is 15.5. The Kier molecular flexibility index (Phi) is 7.34. The van der Waals surface area contributed by atoms with Gasteiger partial charge in [-0.3, -0.25) is 19.7 Å². The van der Waals surface area contributed by atoms with E-state index >= 15 is 0 Å². The van der Waals surface area contributed by atoms with Gasteiger partial charge in [0, 0.05) is 43.7 Å². The maximum atomic E-state index is 12.4. The largest absolute Gasteiger partial charge is 0.450 e. The van der Waals surface area contributed by atoms with Crippen molar-refractivity contribution in [3.8, 4) is 11.5 Å². The van der Waals surface area contributed by atoms with Gasteiger partial charge in [-0.25, -0.2) is 0 Å². The predicted octanol–water partition coefficient (Wildman–Crippen LogP) is 3.64. The quantitative estimate of drug-likeness (QED) is 0.410. The van der Waals surface area contributed by atoms with E-state index in [1.807, 2.05) is 0 Å². The average molecular weight is 406 g/mol. The second-order valence-corrected chi connectivity index (χ2v) is 6.50. The highest BCUT2D eigenvalue weighted by Crippen LogP contribution is 2.33. The monoisotopic (exact) mass is 405 g/mol. The topological polar surface area (TPSA) is 102 Å².